The van der Waals surface area contributed by atoms with Gasteiger partial charge < -0.3 is 0 Å². The second kappa shape index (κ2) is 4.03. The summed E-state index contributed by atoms with van der Waals surface area (Å²) in [5.74, 6) is 0. The Morgan fingerprint density at radius 3 is 2.38 bits per heavy atom. The Morgan fingerprint density at radius 1 is 1.06 bits per heavy atom. The summed E-state index contributed by atoms with van der Waals surface area (Å²) in [6.07, 6.45) is 1.43. The van der Waals surface area contributed by atoms with Crippen molar-refractivity contribution in [3.8, 4) is 11.3 Å². The van der Waals surface area contributed by atoms with E-state index in [1.54, 1.807) is 0 Å². The summed E-state index contributed by atoms with van der Waals surface area (Å²) in [6.45, 7) is 0. The van der Waals surface area contributed by atoms with Gasteiger partial charge in [0.05, 0.1) is 10.6 Å². The maximum absolute atomic E-state index is 11.2. The molecule has 16 heavy (non-hydrogen) atoms. The molecule has 0 atom stereocenters. The highest BCUT2D eigenvalue weighted by atomic mass is 32.2. The van der Waals surface area contributed by atoms with Crippen LogP contribution in [0.2, 0.25) is 0 Å². The maximum atomic E-state index is 11.2. The number of benzene rings is 1. The third-order valence-corrected chi connectivity index (χ3v) is 3.04. The number of hydrogen-bond acceptors (Lipinski definition) is 3. The molecule has 0 aliphatic rings. The van der Waals surface area contributed by atoms with Gasteiger partial charge in [-0.3, -0.25) is 4.98 Å². The van der Waals surface area contributed by atoms with E-state index in [1.807, 2.05) is 30.3 Å². The summed E-state index contributed by atoms with van der Waals surface area (Å²) in [5.41, 5.74) is 1.44. The predicted molar refractivity (Wildman–Crippen MR) is 61.0 cm³/mol. The van der Waals surface area contributed by atoms with Gasteiger partial charge in [-0.1, -0.05) is 30.3 Å². The van der Waals surface area contributed by atoms with Gasteiger partial charge in [-0.25, -0.2) is 13.6 Å². The van der Waals surface area contributed by atoms with E-state index in [0.717, 1.165) is 5.56 Å². The van der Waals surface area contributed by atoms with Crippen molar-refractivity contribution in [3.05, 3.63) is 48.7 Å². The Morgan fingerprint density at radius 2 is 1.75 bits per heavy atom. The second-order valence-corrected chi connectivity index (χ2v) is 4.85. The van der Waals surface area contributed by atoms with Gasteiger partial charge in [0.1, 0.15) is 0 Å². The zero-order chi connectivity index (χ0) is 11.6. The van der Waals surface area contributed by atoms with Crippen LogP contribution in [-0.4, -0.2) is 13.4 Å². The number of rotatable bonds is 2. The Hall–Kier alpha value is -1.72. The van der Waals surface area contributed by atoms with Gasteiger partial charge in [0.15, 0.2) is 0 Å². The first-order valence-corrected chi connectivity index (χ1v) is 6.16. The Labute approximate surface area is 93.8 Å². The van der Waals surface area contributed by atoms with Crippen LogP contribution in [0.5, 0.6) is 0 Å². The fourth-order valence-corrected chi connectivity index (χ4v) is 1.88. The van der Waals surface area contributed by atoms with Crippen molar-refractivity contribution in [2.45, 2.75) is 4.90 Å². The predicted octanol–water partition coefficient (Wildman–Crippen LogP) is 1.40. The molecule has 1 aromatic carbocycles. The molecule has 1 aromatic heterocycles. The number of nitrogens with zero attached hydrogens (tertiary/aromatic N) is 1. The first kappa shape index (κ1) is 10.8. The summed E-state index contributed by atoms with van der Waals surface area (Å²) in [7, 11) is -3.67. The SMILES string of the molecule is NS(=O)(=O)c1ccnc(-c2ccccc2)c1. The molecule has 82 valence electrons. The lowest BCUT2D eigenvalue weighted by molar-refractivity contribution is 0.597. The lowest BCUT2D eigenvalue weighted by atomic mass is 10.1. The van der Waals surface area contributed by atoms with Crippen molar-refractivity contribution >= 4 is 10.0 Å². The molecule has 0 aliphatic heterocycles. The number of nitrogens with two attached hydrogens (primary N) is 1. The molecule has 0 bridgehead atoms. The highest BCUT2D eigenvalue weighted by Gasteiger charge is 2.09. The van der Waals surface area contributed by atoms with Crippen LogP contribution in [0.3, 0.4) is 0 Å². The molecule has 1 heterocycles. The molecule has 4 nitrogen and oxygen atoms in total. The van der Waals surface area contributed by atoms with E-state index in [2.05, 4.69) is 4.98 Å². The molecule has 0 radical (unpaired) electrons. The molecule has 0 saturated carbocycles. The number of primary sulfonamides is 1. The largest absolute Gasteiger partial charge is 0.256 e. The van der Waals surface area contributed by atoms with E-state index in [9.17, 15) is 8.42 Å². The van der Waals surface area contributed by atoms with Crippen LogP contribution in [0.1, 0.15) is 0 Å². The topological polar surface area (TPSA) is 73.1 Å². The van der Waals surface area contributed by atoms with Crippen LogP contribution in [0, 0.1) is 0 Å². The van der Waals surface area contributed by atoms with Crippen molar-refractivity contribution in [1.82, 2.24) is 4.98 Å². The molecule has 2 rings (SSSR count). The standard InChI is InChI=1S/C11H10N2O2S/c12-16(14,15)10-6-7-13-11(8-10)9-4-2-1-3-5-9/h1-8H,(H2,12,14,15). The second-order valence-electron chi connectivity index (χ2n) is 3.29. The Balaban J connectivity index is 2.53. The maximum Gasteiger partial charge on any atom is 0.238 e. The van der Waals surface area contributed by atoms with Crippen molar-refractivity contribution in [2.24, 2.45) is 5.14 Å². The molecule has 0 saturated heterocycles. The van der Waals surface area contributed by atoms with Crippen LogP contribution in [0.4, 0.5) is 0 Å². The zero-order valence-electron chi connectivity index (χ0n) is 8.37. The minimum absolute atomic E-state index is 0.0707. The van der Waals surface area contributed by atoms with E-state index < -0.39 is 10.0 Å². The summed E-state index contributed by atoms with van der Waals surface area (Å²) < 4.78 is 22.3. The fraction of sp³-hybridized carbons (Fsp3) is 0. The van der Waals surface area contributed by atoms with Crippen LogP contribution in [-0.2, 0) is 10.0 Å². The molecule has 0 aliphatic carbocycles. The Bertz CT molecular complexity index is 594. The van der Waals surface area contributed by atoms with E-state index >= 15 is 0 Å². The third-order valence-electron chi connectivity index (χ3n) is 2.13. The average Bonchev–Trinajstić information content (AvgIpc) is 2.29. The number of aromatic nitrogens is 1. The van der Waals surface area contributed by atoms with Crippen molar-refractivity contribution in [1.29, 1.82) is 0 Å². The summed E-state index contributed by atoms with van der Waals surface area (Å²) in [4.78, 5) is 4.17. The number of hydrogen-bond donors (Lipinski definition) is 1. The van der Waals surface area contributed by atoms with Crippen molar-refractivity contribution in [3.63, 3.8) is 0 Å². The van der Waals surface area contributed by atoms with E-state index in [4.69, 9.17) is 5.14 Å². The zero-order valence-corrected chi connectivity index (χ0v) is 9.18. The highest BCUT2D eigenvalue weighted by molar-refractivity contribution is 7.89. The minimum Gasteiger partial charge on any atom is -0.256 e. The quantitative estimate of drug-likeness (QED) is 0.853. The molecule has 2 N–H and O–H groups in total. The van der Waals surface area contributed by atoms with Crippen molar-refractivity contribution < 1.29 is 8.42 Å². The minimum atomic E-state index is -3.67. The highest BCUT2D eigenvalue weighted by Crippen LogP contribution is 2.18. The van der Waals surface area contributed by atoms with Crippen LogP contribution in [0.15, 0.2) is 53.6 Å². The average molecular weight is 234 g/mol. The van der Waals surface area contributed by atoms with Gasteiger partial charge in [-0.15, -0.1) is 0 Å². The summed E-state index contributed by atoms with van der Waals surface area (Å²) in [6, 6.07) is 12.2. The van der Waals surface area contributed by atoms with Gasteiger partial charge in [0, 0.05) is 11.8 Å². The van der Waals surface area contributed by atoms with E-state index in [1.165, 1.54) is 18.3 Å². The summed E-state index contributed by atoms with van der Waals surface area (Å²) >= 11 is 0. The van der Waals surface area contributed by atoms with Crippen LogP contribution in [0.25, 0.3) is 11.3 Å². The first-order valence-electron chi connectivity index (χ1n) is 4.62. The summed E-state index contributed by atoms with van der Waals surface area (Å²) in [5, 5.41) is 5.05. The molecule has 0 spiro atoms. The fourth-order valence-electron chi connectivity index (χ4n) is 1.35. The first-order chi connectivity index (χ1) is 7.57. The molecule has 5 heteroatoms. The van der Waals surface area contributed by atoms with Crippen LogP contribution < -0.4 is 5.14 Å². The van der Waals surface area contributed by atoms with Gasteiger partial charge in [-0.05, 0) is 12.1 Å². The third kappa shape index (κ3) is 2.26. The van der Waals surface area contributed by atoms with Gasteiger partial charge in [0.25, 0.3) is 0 Å². The molecular formula is C11H10N2O2S. The normalized spacial score (nSPS) is 11.3. The van der Waals surface area contributed by atoms with E-state index in [-0.39, 0.29) is 4.90 Å². The van der Waals surface area contributed by atoms with Gasteiger partial charge in [-0.2, -0.15) is 0 Å². The monoisotopic (exact) mass is 234 g/mol. The smallest absolute Gasteiger partial charge is 0.238 e. The Kier molecular flexibility index (Phi) is 2.72. The molecule has 0 amide bonds. The number of sulfonamides is 1. The molecule has 0 fully saturated rings. The van der Waals surface area contributed by atoms with Crippen LogP contribution >= 0.6 is 0 Å². The van der Waals surface area contributed by atoms with E-state index in [0.29, 0.717) is 5.69 Å². The van der Waals surface area contributed by atoms with Gasteiger partial charge >= 0.3 is 0 Å². The molecular weight excluding hydrogens is 224 g/mol. The number of pyridine rings is 1. The lowest BCUT2D eigenvalue weighted by Crippen LogP contribution is -2.12. The lowest BCUT2D eigenvalue weighted by Gasteiger charge is -2.02. The molecule has 0 unspecified atom stereocenters. The molecule has 2 aromatic rings. The van der Waals surface area contributed by atoms with Gasteiger partial charge in [0.2, 0.25) is 10.0 Å². The van der Waals surface area contributed by atoms with Crippen molar-refractivity contribution in [2.75, 3.05) is 0 Å².